The molecule has 0 saturated heterocycles. The summed E-state index contributed by atoms with van der Waals surface area (Å²) in [5, 5.41) is 0. The van der Waals surface area contributed by atoms with Crippen molar-refractivity contribution < 1.29 is 9.18 Å². The van der Waals surface area contributed by atoms with Gasteiger partial charge in [-0.15, -0.1) is 0 Å². The molecule has 1 aliphatic rings. The average Bonchev–Trinajstić information content (AvgIpc) is 2.41. The molecule has 2 unspecified atom stereocenters. The molecule has 0 spiro atoms. The van der Waals surface area contributed by atoms with Gasteiger partial charge in [0.2, 0.25) is 0 Å². The zero-order valence-electron chi connectivity index (χ0n) is 12.6. The van der Waals surface area contributed by atoms with Gasteiger partial charge in [0.25, 0.3) is 0 Å². The number of anilines is 1. The number of rotatable bonds is 4. The highest BCUT2D eigenvalue weighted by molar-refractivity contribution is 5.82. The summed E-state index contributed by atoms with van der Waals surface area (Å²) in [5.41, 5.74) is 0.964. The second-order valence-corrected chi connectivity index (χ2v) is 6.30. The minimum absolute atomic E-state index is 0.117. The van der Waals surface area contributed by atoms with E-state index >= 15 is 0 Å². The number of carbonyl (C=O) groups is 1. The fourth-order valence-corrected chi connectivity index (χ4v) is 3.06. The molecule has 0 aliphatic heterocycles. The molecule has 0 aromatic heterocycles. The van der Waals surface area contributed by atoms with Crippen molar-refractivity contribution in [1.82, 2.24) is 0 Å². The van der Waals surface area contributed by atoms with E-state index in [4.69, 9.17) is 0 Å². The summed E-state index contributed by atoms with van der Waals surface area (Å²) < 4.78 is 12.9. The fourth-order valence-electron chi connectivity index (χ4n) is 3.06. The van der Waals surface area contributed by atoms with Gasteiger partial charge in [0, 0.05) is 31.6 Å². The van der Waals surface area contributed by atoms with Gasteiger partial charge in [-0.05, 0) is 48.9 Å². The predicted molar refractivity (Wildman–Crippen MR) is 80.3 cm³/mol. The van der Waals surface area contributed by atoms with Crippen LogP contribution >= 0.6 is 0 Å². The van der Waals surface area contributed by atoms with Crippen molar-refractivity contribution in [3.63, 3.8) is 0 Å². The van der Waals surface area contributed by atoms with Gasteiger partial charge in [-0.2, -0.15) is 0 Å². The number of hydrogen-bond donors (Lipinski definition) is 0. The highest BCUT2D eigenvalue weighted by Crippen LogP contribution is 2.32. The van der Waals surface area contributed by atoms with Gasteiger partial charge in [-0.25, -0.2) is 4.39 Å². The number of benzene rings is 1. The minimum Gasteiger partial charge on any atom is -0.374 e. The molecule has 1 saturated carbocycles. The van der Waals surface area contributed by atoms with Crippen molar-refractivity contribution >= 4 is 11.5 Å². The van der Waals surface area contributed by atoms with Crippen molar-refractivity contribution in [2.75, 3.05) is 18.5 Å². The molecule has 0 radical (unpaired) electrons. The predicted octanol–water partition coefficient (Wildman–Crippen LogP) is 3.90. The van der Waals surface area contributed by atoms with Crippen LogP contribution in [-0.2, 0) is 4.79 Å². The van der Waals surface area contributed by atoms with Gasteiger partial charge < -0.3 is 4.90 Å². The summed E-state index contributed by atoms with van der Waals surface area (Å²) in [4.78, 5) is 14.2. The molecular formula is C17H24FNO. The van der Waals surface area contributed by atoms with Crippen LogP contribution in [0.15, 0.2) is 24.3 Å². The van der Waals surface area contributed by atoms with Crippen LogP contribution in [0.25, 0.3) is 0 Å². The van der Waals surface area contributed by atoms with Crippen LogP contribution in [0, 0.1) is 23.6 Å². The molecule has 0 bridgehead atoms. The first kappa shape index (κ1) is 15.0. The molecule has 0 N–H and O–H groups in total. The second kappa shape index (κ2) is 6.38. The maximum Gasteiger partial charge on any atom is 0.137 e. The lowest BCUT2D eigenvalue weighted by molar-refractivity contribution is -0.125. The lowest BCUT2D eigenvalue weighted by Crippen LogP contribution is -2.36. The lowest BCUT2D eigenvalue weighted by Gasteiger charge is -2.33. The maximum atomic E-state index is 12.9. The zero-order chi connectivity index (χ0) is 14.7. The third-order valence-electron chi connectivity index (χ3n) is 4.51. The Balaban J connectivity index is 2.00. The topological polar surface area (TPSA) is 20.3 Å². The molecule has 2 atom stereocenters. The number of Topliss-reactive ketones (excluding diaryl/α,β-unsaturated/α-hetero) is 1. The van der Waals surface area contributed by atoms with Gasteiger partial charge >= 0.3 is 0 Å². The molecule has 0 heterocycles. The third kappa shape index (κ3) is 3.59. The summed E-state index contributed by atoms with van der Waals surface area (Å²) in [6, 6.07) is 6.46. The molecule has 110 valence electrons. The SMILES string of the molecule is CC(C)C1CCC(=O)C(CN(C)c2ccc(F)cc2)C1. The van der Waals surface area contributed by atoms with Crippen molar-refractivity contribution in [3.05, 3.63) is 30.1 Å². The Hall–Kier alpha value is -1.38. The summed E-state index contributed by atoms with van der Waals surface area (Å²) in [6.45, 7) is 5.20. The van der Waals surface area contributed by atoms with E-state index in [2.05, 4.69) is 18.7 Å². The largest absolute Gasteiger partial charge is 0.374 e. The van der Waals surface area contributed by atoms with E-state index < -0.39 is 0 Å². The third-order valence-corrected chi connectivity index (χ3v) is 4.51. The zero-order valence-corrected chi connectivity index (χ0v) is 12.6. The van der Waals surface area contributed by atoms with Crippen molar-refractivity contribution in [3.8, 4) is 0 Å². The number of ketones is 1. The monoisotopic (exact) mass is 277 g/mol. The fraction of sp³-hybridized carbons (Fsp3) is 0.588. The van der Waals surface area contributed by atoms with Crippen molar-refractivity contribution in [1.29, 1.82) is 0 Å². The highest BCUT2D eigenvalue weighted by atomic mass is 19.1. The van der Waals surface area contributed by atoms with E-state index in [1.54, 1.807) is 12.1 Å². The van der Waals surface area contributed by atoms with E-state index in [1.807, 2.05) is 7.05 Å². The Labute approximate surface area is 121 Å². The highest BCUT2D eigenvalue weighted by Gasteiger charge is 2.30. The Bertz CT molecular complexity index is 455. The molecule has 2 nitrogen and oxygen atoms in total. The quantitative estimate of drug-likeness (QED) is 0.832. The van der Waals surface area contributed by atoms with E-state index in [-0.39, 0.29) is 11.7 Å². The Kier molecular flexibility index (Phi) is 4.79. The smallest absolute Gasteiger partial charge is 0.137 e. The maximum absolute atomic E-state index is 12.9. The number of hydrogen-bond acceptors (Lipinski definition) is 2. The normalized spacial score (nSPS) is 23.1. The number of carbonyl (C=O) groups excluding carboxylic acids is 1. The standard InChI is InChI=1S/C17H24FNO/c1-12(2)13-4-9-17(20)14(10-13)11-19(3)16-7-5-15(18)6-8-16/h5-8,12-14H,4,9-11H2,1-3H3. The number of halogens is 1. The van der Waals surface area contributed by atoms with E-state index in [0.717, 1.165) is 25.1 Å². The summed E-state index contributed by atoms with van der Waals surface area (Å²) in [6.07, 6.45) is 2.74. The van der Waals surface area contributed by atoms with Crippen LogP contribution in [0.1, 0.15) is 33.1 Å². The average molecular weight is 277 g/mol. The number of nitrogens with zero attached hydrogens (tertiary/aromatic N) is 1. The first-order chi connectivity index (χ1) is 9.47. The summed E-state index contributed by atoms with van der Waals surface area (Å²) in [5.74, 6) is 1.57. The van der Waals surface area contributed by atoms with E-state index in [9.17, 15) is 9.18 Å². The first-order valence-electron chi connectivity index (χ1n) is 7.46. The van der Waals surface area contributed by atoms with Gasteiger partial charge in [-0.1, -0.05) is 13.8 Å². The summed E-state index contributed by atoms with van der Waals surface area (Å²) >= 11 is 0. The van der Waals surface area contributed by atoms with Crippen molar-refractivity contribution in [2.24, 2.45) is 17.8 Å². The van der Waals surface area contributed by atoms with Gasteiger partial charge in [0.15, 0.2) is 0 Å². The van der Waals surface area contributed by atoms with Crippen LogP contribution < -0.4 is 4.90 Å². The van der Waals surface area contributed by atoms with Crippen LogP contribution in [0.4, 0.5) is 10.1 Å². The minimum atomic E-state index is -0.226. The van der Waals surface area contributed by atoms with E-state index in [1.165, 1.54) is 12.1 Å². The molecule has 1 fully saturated rings. The Morgan fingerprint density at radius 3 is 2.55 bits per heavy atom. The van der Waals surface area contributed by atoms with Crippen LogP contribution in [0.5, 0.6) is 0 Å². The summed E-state index contributed by atoms with van der Waals surface area (Å²) in [7, 11) is 1.97. The van der Waals surface area contributed by atoms with Crippen LogP contribution in [0.2, 0.25) is 0 Å². The van der Waals surface area contributed by atoms with E-state index in [0.29, 0.717) is 24.0 Å². The van der Waals surface area contributed by atoms with Gasteiger partial charge in [-0.3, -0.25) is 4.79 Å². The first-order valence-corrected chi connectivity index (χ1v) is 7.46. The molecule has 1 aromatic carbocycles. The molecule has 3 heteroatoms. The van der Waals surface area contributed by atoms with Crippen LogP contribution in [-0.4, -0.2) is 19.4 Å². The Morgan fingerprint density at radius 1 is 1.30 bits per heavy atom. The molecule has 2 rings (SSSR count). The lowest BCUT2D eigenvalue weighted by atomic mass is 9.75. The molecule has 1 aromatic rings. The molecule has 20 heavy (non-hydrogen) atoms. The second-order valence-electron chi connectivity index (χ2n) is 6.30. The van der Waals surface area contributed by atoms with Crippen LogP contribution in [0.3, 0.4) is 0 Å². The molecule has 0 amide bonds. The Morgan fingerprint density at radius 2 is 1.95 bits per heavy atom. The van der Waals surface area contributed by atoms with Gasteiger partial charge in [0.05, 0.1) is 0 Å². The van der Waals surface area contributed by atoms with Crippen molar-refractivity contribution in [2.45, 2.75) is 33.1 Å². The van der Waals surface area contributed by atoms with Gasteiger partial charge in [0.1, 0.15) is 11.6 Å². The molecule has 1 aliphatic carbocycles. The molecular weight excluding hydrogens is 253 g/mol.